The van der Waals surface area contributed by atoms with E-state index in [0.717, 1.165) is 70.6 Å². The summed E-state index contributed by atoms with van der Waals surface area (Å²) >= 11 is 0. The number of carbonyl (C=O) groups is 1. The Bertz CT molecular complexity index is 1360. The summed E-state index contributed by atoms with van der Waals surface area (Å²) < 4.78 is 22.7. The molecule has 0 bridgehead atoms. The molecule has 2 saturated heterocycles. The van der Waals surface area contributed by atoms with Gasteiger partial charge in [-0.3, -0.25) is 4.79 Å². The van der Waals surface area contributed by atoms with Gasteiger partial charge >= 0.3 is 0 Å². The number of allylic oxidation sites excluding steroid dienone is 9. The lowest BCUT2D eigenvalue weighted by atomic mass is 9.97. The predicted molar refractivity (Wildman–Crippen MR) is 263 cm³/mol. The molecule has 1 amide bonds. The number of carbonyl (C=O) groups excluding carboxylic acids is 1. The molecule has 14 heteroatoms. The van der Waals surface area contributed by atoms with Gasteiger partial charge in [-0.15, -0.1) is 0 Å². The molecular weight excluding hydrogens is 859 g/mol. The van der Waals surface area contributed by atoms with Crippen LogP contribution in [0, 0.1) is 0 Å². The minimum Gasteiger partial charge on any atom is -0.394 e. The van der Waals surface area contributed by atoms with Gasteiger partial charge in [-0.1, -0.05) is 152 Å². The molecule has 9 N–H and O–H groups in total. The summed E-state index contributed by atoms with van der Waals surface area (Å²) in [6.07, 6.45) is 31.1. The summed E-state index contributed by atoms with van der Waals surface area (Å²) in [6, 6.07) is -0.946. The van der Waals surface area contributed by atoms with Gasteiger partial charge in [0.1, 0.15) is 48.8 Å². The maximum atomic E-state index is 13.2. The maximum Gasteiger partial charge on any atom is 0.220 e. The van der Waals surface area contributed by atoms with Crippen molar-refractivity contribution < 1.29 is 64.6 Å². The van der Waals surface area contributed by atoms with Gasteiger partial charge in [-0.25, -0.2) is 0 Å². The number of unbranched alkanes of at least 4 members (excludes halogenated alkanes) is 18. The molecule has 388 valence electrons. The van der Waals surface area contributed by atoms with Crippen molar-refractivity contribution in [2.45, 2.75) is 248 Å². The summed E-state index contributed by atoms with van der Waals surface area (Å²) in [5.74, 6) is -0.270. The molecular formula is C53H93NO13. The van der Waals surface area contributed by atoms with Gasteiger partial charge in [0.05, 0.1) is 32.0 Å². The average molecular weight is 952 g/mol. The van der Waals surface area contributed by atoms with Gasteiger partial charge in [0.2, 0.25) is 5.91 Å². The molecule has 0 aromatic heterocycles. The first-order chi connectivity index (χ1) is 32.6. The molecule has 2 aliphatic heterocycles. The first-order valence-electron chi connectivity index (χ1n) is 26.0. The van der Waals surface area contributed by atoms with E-state index in [1.54, 1.807) is 6.08 Å². The third-order valence-electron chi connectivity index (χ3n) is 12.4. The predicted octanol–water partition coefficient (Wildman–Crippen LogP) is 7.05. The van der Waals surface area contributed by atoms with Crippen LogP contribution in [0.15, 0.2) is 60.8 Å². The minimum atomic E-state index is -1.79. The Hall–Kier alpha value is -2.31. The third kappa shape index (κ3) is 26.5. The van der Waals surface area contributed by atoms with Gasteiger partial charge in [-0.05, 0) is 77.0 Å². The number of aliphatic hydroxyl groups is 8. The molecule has 0 aromatic carbocycles. The quantitative estimate of drug-likeness (QED) is 0.0223. The molecule has 2 heterocycles. The second-order valence-electron chi connectivity index (χ2n) is 18.3. The largest absolute Gasteiger partial charge is 0.394 e. The molecule has 12 unspecified atom stereocenters. The number of rotatable bonds is 39. The highest BCUT2D eigenvalue weighted by Gasteiger charge is 2.51. The first-order valence-corrected chi connectivity index (χ1v) is 26.0. The number of nitrogens with one attached hydrogen (secondary N) is 1. The van der Waals surface area contributed by atoms with Crippen LogP contribution in [0.25, 0.3) is 0 Å². The molecule has 2 aliphatic rings. The van der Waals surface area contributed by atoms with Gasteiger partial charge < -0.3 is 65.1 Å². The highest BCUT2D eigenvalue weighted by atomic mass is 16.7. The SMILES string of the molecule is CCCCCC/C=C\C/C=C\CCCCCCCC(=O)NC(COC1OC(CO)C(OC2OC(CO)C(O)C(O)C2O)C(O)C1O)C(O)/C=C/CC/C=C/CC/C=C/CCCCCCCCC. The van der Waals surface area contributed by atoms with Crippen molar-refractivity contribution in [1.29, 1.82) is 0 Å². The molecule has 0 aromatic rings. The van der Waals surface area contributed by atoms with E-state index in [1.807, 2.05) is 6.08 Å². The standard InChI is InChI=1S/C53H93NO13/c1-3-5-7-9-11-13-15-17-19-21-22-24-26-28-30-32-34-36-42(57)41(54-45(58)37-35-33-31-29-27-25-23-20-18-16-14-12-10-8-6-4-2)40-64-52-50(63)48(61)51(44(39-56)66-52)67-53-49(62)47(60)46(59)43(38-55)65-53/h14,16,19-21,23,26,28,34,36,41-44,46-53,55-57,59-63H,3-13,15,17-18,22,24-25,27,29-33,35,37-40H2,1-2H3,(H,54,58)/b16-14-,21-19+,23-20-,28-26+,36-34+. The Balaban J connectivity index is 1.88. The second kappa shape index (κ2) is 39.4. The fourth-order valence-electron chi connectivity index (χ4n) is 8.12. The van der Waals surface area contributed by atoms with Crippen LogP contribution < -0.4 is 5.32 Å². The van der Waals surface area contributed by atoms with Crippen molar-refractivity contribution in [2.75, 3.05) is 19.8 Å². The summed E-state index contributed by atoms with van der Waals surface area (Å²) in [5, 5.41) is 86.7. The van der Waals surface area contributed by atoms with Gasteiger partial charge in [0, 0.05) is 6.42 Å². The van der Waals surface area contributed by atoms with Crippen LogP contribution >= 0.6 is 0 Å². The van der Waals surface area contributed by atoms with E-state index in [-0.39, 0.29) is 18.9 Å². The topological polar surface area (TPSA) is 228 Å². The van der Waals surface area contributed by atoms with E-state index < -0.39 is 86.8 Å². The molecule has 12 atom stereocenters. The van der Waals surface area contributed by atoms with E-state index in [4.69, 9.17) is 18.9 Å². The Labute approximate surface area is 403 Å². The van der Waals surface area contributed by atoms with Crippen LogP contribution in [0.1, 0.15) is 174 Å². The number of amides is 1. The molecule has 67 heavy (non-hydrogen) atoms. The normalized spacial score (nSPS) is 27.1. The zero-order valence-electron chi connectivity index (χ0n) is 41.1. The van der Waals surface area contributed by atoms with E-state index >= 15 is 0 Å². The molecule has 0 saturated carbocycles. The van der Waals surface area contributed by atoms with Crippen LogP contribution in [0.2, 0.25) is 0 Å². The summed E-state index contributed by atoms with van der Waals surface area (Å²) in [6.45, 7) is 2.71. The Morgan fingerprint density at radius 1 is 0.537 bits per heavy atom. The van der Waals surface area contributed by atoms with Gasteiger partial charge in [0.15, 0.2) is 12.6 Å². The average Bonchev–Trinajstić information content (AvgIpc) is 3.32. The van der Waals surface area contributed by atoms with Crippen LogP contribution in [0.5, 0.6) is 0 Å². The van der Waals surface area contributed by atoms with E-state index in [1.165, 1.54) is 70.6 Å². The first kappa shape index (κ1) is 60.8. The molecule has 0 radical (unpaired) electrons. The molecule has 2 rings (SSSR count). The van der Waals surface area contributed by atoms with Gasteiger partial charge in [0.25, 0.3) is 0 Å². The van der Waals surface area contributed by atoms with Crippen molar-refractivity contribution in [2.24, 2.45) is 0 Å². The third-order valence-corrected chi connectivity index (χ3v) is 12.4. The van der Waals surface area contributed by atoms with Crippen molar-refractivity contribution in [3.8, 4) is 0 Å². The van der Waals surface area contributed by atoms with E-state index in [0.29, 0.717) is 12.8 Å². The van der Waals surface area contributed by atoms with Crippen molar-refractivity contribution in [3.63, 3.8) is 0 Å². The number of ether oxygens (including phenoxy) is 4. The fourth-order valence-corrected chi connectivity index (χ4v) is 8.12. The van der Waals surface area contributed by atoms with E-state index in [2.05, 4.69) is 67.8 Å². The highest BCUT2D eigenvalue weighted by molar-refractivity contribution is 5.76. The lowest BCUT2D eigenvalue weighted by Crippen LogP contribution is -2.65. The van der Waals surface area contributed by atoms with Crippen LogP contribution in [0.4, 0.5) is 0 Å². The van der Waals surface area contributed by atoms with Crippen LogP contribution in [-0.2, 0) is 23.7 Å². The van der Waals surface area contributed by atoms with Gasteiger partial charge in [-0.2, -0.15) is 0 Å². The monoisotopic (exact) mass is 952 g/mol. The Morgan fingerprint density at radius 3 is 1.57 bits per heavy atom. The zero-order valence-corrected chi connectivity index (χ0v) is 41.1. The summed E-state index contributed by atoms with van der Waals surface area (Å²) in [7, 11) is 0. The van der Waals surface area contributed by atoms with Crippen molar-refractivity contribution in [3.05, 3.63) is 60.8 Å². The van der Waals surface area contributed by atoms with Crippen LogP contribution in [0.3, 0.4) is 0 Å². The van der Waals surface area contributed by atoms with E-state index in [9.17, 15) is 45.6 Å². The lowest BCUT2D eigenvalue weighted by Gasteiger charge is -2.46. The molecule has 2 fully saturated rings. The smallest absolute Gasteiger partial charge is 0.220 e. The minimum absolute atomic E-state index is 0.252. The van der Waals surface area contributed by atoms with Crippen molar-refractivity contribution >= 4 is 5.91 Å². The second-order valence-corrected chi connectivity index (χ2v) is 18.3. The lowest BCUT2D eigenvalue weighted by molar-refractivity contribution is -0.359. The number of aliphatic hydroxyl groups excluding tert-OH is 8. The Kier molecular flexibility index (Phi) is 35.8. The zero-order chi connectivity index (χ0) is 48.9. The van der Waals surface area contributed by atoms with Crippen molar-refractivity contribution in [1.82, 2.24) is 5.32 Å². The number of hydrogen-bond donors (Lipinski definition) is 9. The molecule has 14 nitrogen and oxygen atoms in total. The van der Waals surface area contributed by atoms with Crippen LogP contribution in [-0.4, -0.2) is 140 Å². The molecule has 0 aliphatic carbocycles. The fraction of sp³-hybridized carbons (Fsp3) is 0.792. The highest BCUT2D eigenvalue weighted by Crippen LogP contribution is 2.30. The maximum absolute atomic E-state index is 13.2. The summed E-state index contributed by atoms with van der Waals surface area (Å²) in [5.41, 5.74) is 0. The Morgan fingerprint density at radius 2 is 1.00 bits per heavy atom. The number of hydrogen-bond acceptors (Lipinski definition) is 13. The summed E-state index contributed by atoms with van der Waals surface area (Å²) in [4.78, 5) is 13.2. The molecule has 0 spiro atoms.